The first kappa shape index (κ1) is 16.1. The standard InChI is InChI=1S/C14H19FN2O3/c1-8(2)6-11(16)13(18)17-12-5-4-9(15)7-10(12)14(19)20-3/h4-5,7-8,11H,6,16H2,1-3H3,(H,17,18)/t11-/m0/s1. The second kappa shape index (κ2) is 7.00. The summed E-state index contributed by atoms with van der Waals surface area (Å²) in [5, 5.41) is 2.53. The summed E-state index contributed by atoms with van der Waals surface area (Å²) in [5.41, 5.74) is 5.89. The maximum atomic E-state index is 13.2. The number of anilines is 1. The Morgan fingerprint density at radius 3 is 2.60 bits per heavy atom. The number of hydrogen-bond donors (Lipinski definition) is 2. The molecule has 110 valence electrons. The molecule has 1 amide bonds. The van der Waals surface area contributed by atoms with Gasteiger partial charge in [0.1, 0.15) is 5.82 Å². The van der Waals surface area contributed by atoms with Crippen LogP contribution in [0, 0.1) is 11.7 Å². The van der Waals surface area contributed by atoms with E-state index in [1.807, 2.05) is 13.8 Å². The quantitative estimate of drug-likeness (QED) is 0.808. The van der Waals surface area contributed by atoms with Gasteiger partial charge in [-0.2, -0.15) is 0 Å². The third-order valence-electron chi connectivity index (χ3n) is 2.71. The van der Waals surface area contributed by atoms with Crippen LogP contribution in [0.25, 0.3) is 0 Å². The molecular formula is C14H19FN2O3. The van der Waals surface area contributed by atoms with Crippen molar-refractivity contribution in [3.05, 3.63) is 29.6 Å². The van der Waals surface area contributed by atoms with Gasteiger partial charge in [-0.1, -0.05) is 13.8 Å². The summed E-state index contributed by atoms with van der Waals surface area (Å²) in [6, 6.07) is 2.78. The second-order valence-electron chi connectivity index (χ2n) is 4.91. The van der Waals surface area contributed by atoms with Crippen LogP contribution in [0.5, 0.6) is 0 Å². The van der Waals surface area contributed by atoms with E-state index in [1.165, 1.54) is 13.2 Å². The van der Waals surface area contributed by atoms with Crippen LogP contribution in [0.15, 0.2) is 18.2 Å². The normalized spacial score (nSPS) is 12.1. The smallest absolute Gasteiger partial charge is 0.340 e. The zero-order chi connectivity index (χ0) is 15.3. The van der Waals surface area contributed by atoms with Crippen LogP contribution >= 0.6 is 0 Å². The molecule has 0 aliphatic heterocycles. The molecule has 0 aromatic heterocycles. The number of amides is 1. The number of methoxy groups -OCH3 is 1. The van der Waals surface area contributed by atoms with Crippen LogP contribution in [0.3, 0.4) is 0 Å². The van der Waals surface area contributed by atoms with E-state index in [2.05, 4.69) is 10.1 Å². The molecule has 0 aliphatic carbocycles. The lowest BCUT2D eigenvalue weighted by molar-refractivity contribution is -0.117. The summed E-state index contributed by atoms with van der Waals surface area (Å²) in [7, 11) is 1.18. The van der Waals surface area contributed by atoms with Crippen LogP contribution in [-0.4, -0.2) is 25.0 Å². The van der Waals surface area contributed by atoms with Crippen molar-refractivity contribution in [1.82, 2.24) is 0 Å². The molecule has 0 heterocycles. The summed E-state index contributed by atoms with van der Waals surface area (Å²) in [6.07, 6.45) is 0.514. The van der Waals surface area contributed by atoms with E-state index in [9.17, 15) is 14.0 Å². The number of esters is 1. The topological polar surface area (TPSA) is 81.4 Å². The lowest BCUT2D eigenvalue weighted by atomic mass is 10.0. The predicted molar refractivity (Wildman–Crippen MR) is 73.8 cm³/mol. The minimum Gasteiger partial charge on any atom is -0.465 e. The Kier molecular flexibility index (Phi) is 5.64. The SMILES string of the molecule is COC(=O)c1cc(F)ccc1NC(=O)[C@@H](N)CC(C)C. The first-order valence-electron chi connectivity index (χ1n) is 6.29. The highest BCUT2D eigenvalue weighted by Gasteiger charge is 2.19. The number of carbonyl (C=O) groups is 2. The molecule has 1 rings (SSSR count). The van der Waals surface area contributed by atoms with Crippen molar-refractivity contribution in [3.8, 4) is 0 Å². The monoisotopic (exact) mass is 282 g/mol. The second-order valence-corrected chi connectivity index (χ2v) is 4.91. The number of hydrogen-bond acceptors (Lipinski definition) is 4. The molecule has 0 saturated heterocycles. The number of nitrogens with two attached hydrogens (primary N) is 1. The van der Waals surface area contributed by atoms with E-state index in [0.29, 0.717) is 6.42 Å². The fraction of sp³-hybridized carbons (Fsp3) is 0.429. The van der Waals surface area contributed by atoms with Gasteiger partial charge in [0.25, 0.3) is 0 Å². The molecule has 1 aromatic carbocycles. The van der Waals surface area contributed by atoms with E-state index < -0.39 is 23.7 Å². The van der Waals surface area contributed by atoms with Crippen molar-refractivity contribution in [2.45, 2.75) is 26.3 Å². The Morgan fingerprint density at radius 1 is 1.40 bits per heavy atom. The molecule has 1 atom stereocenters. The zero-order valence-electron chi connectivity index (χ0n) is 11.8. The number of benzene rings is 1. The third kappa shape index (κ3) is 4.31. The fourth-order valence-electron chi connectivity index (χ4n) is 1.74. The minimum absolute atomic E-state index is 0.0439. The zero-order valence-corrected chi connectivity index (χ0v) is 11.8. The molecule has 0 bridgehead atoms. The number of ether oxygens (including phenoxy) is 1. The van der Waals surface area contributed by atoms with E-state index in [0.717, 1.165) is 12.1 Å². The van der Waals surface area contributed by atoms with Gasteiger partial charge in [-0.15, -0.1) is 0 Å². The largest absolute Gasteiger partial charge is 0.465 e. The Labute approximate surface area is 117 Å². The summed E-state index contributed by atoms with van der Waals surface area (Å²) in [5.74, 6) is -1.47. The average Bonchev–Trinajstić information content (AvgIpc) is 2.38. The number of carbonyl (C=O) groups excluding carboxylic acids is 2. The van der Waals surface area contributed by atoms with Crippen molar-refractivity contribution in [1.29, 1.82) is 0 Å². The average molecular weight is 282 g/mol. The molecule has 1 aromatic rings. The molecule has 0 unspecified atom stereocenters. The summed E-state index contributed by atoms with van der Waals surface area (Å²) in [6.45, 7) is 3.90. The number of halogens is 1. The summed E-state index contributed by atoms with van der Waals surface area (Å²) >= 11 is 0. The van der Waals surface area contributed by atoms with Crippen molar-refractivity contribution in [2.75, 3.05) is 12.4 Å². The van der Waals surface area contributed by atoms with Gasteiger partial charge in [0, 0.05) is 0 Å². The van der Waals surface area contributed by atoms with E-state index >= 15 is 0 Å². The van der Waals surface area contributed by atoms with Gasteiger partial charge in [-0.25, -0.2) is 9.18 Å². The highest BCUT2D eigenvalue weighted by molar-refractivity contribution is 6.02. The van der Waals surface area contributed by atoms with Crippen LogP contribution in [0.1, 0.15) is 30.6 Å². The van der Waals surface area contributed by atoms with Crippen molar-refractivity contribution in [3.63, 3.8) is 0 Å². The predicted octanol–water partition coefficient (Wildman–Crippen LogP) is 1.92. The molecule has 0 saturated carbocycles. The van der Waals surface area contributed by atoms with Gasteiger partial charge in [-0.05, 0) is 30.5 Å². The Balaban J connectivity index is 2.92. The maximum absolute atomic E-state index is 13.2. The van der Waals surface area contributed by atoms with E-state index in [-0.39, 0.29) is 17.2 Å². The highest BCUT2D eigenvalue weighted by atomic mass is 19.1. The van der Waals surface area contributed by atoms with Gasteiger partial charge in [0.2, 0.25) is 5.91 Å². The molecule has 5 nitrogen and oxygen atoms in total. The molecule has 6 heteroatoms. The molecule has 3 N–H and O–H groups in total. The Hall–Kier alpha value is -1.95. The number of nitrogens with one attached hydrogen (secondary N) is 1. The molecule has 0 fully saturated rings. The third-order valence-corrected chi connectivity index (χ3v) is 2.71. The van der Waals surface area contributed by atoms with Crippen molar-refractivity contribution >= 4 is 17.6 Å². The molecule has 0 radical (unpaired) electrons. The minimum atomic E-state index is -0.725. The lowest BCUT2D eigenvalue weighted by Gasteiger charge is -2.15. The highest BCUT2D eigenvalue weighted by Crippen LogP contribution is 2.18. The van der Waals surface area contributed by atoms with E-state index in [1.54, 1.807) is 0 Å². The summed E-state index contributed by atoms with van der Waals surface area (Å²) in [4.78, 5) is 23.5. The fourth-order valence-corrected chi connectivity index (χ4v) is 1.74. The van der Waals surface area contributed by atoms with Crippen LogP contribution in [0.4, 0.5) is 10.1 Å². The first-order chi connectivity index (χ1) is 9.35. The molecule has 20 heavy (non-hydrogen) atoms. The van der Waals surface area contributed by atoms with Crippen LogP contribution < -0.4 is 11.1 Å². The lowest BCUT2D eigenvalue weighted by Crippen LogP contribution is -2.37. The van der Waals surface area contributed by atoms with Gasteiger partial charge >= 0.3 is 5.97 Å². The van der Waals surface area contributed by atoms with E-state index in [4.69, 9.17) is 5.73 Å². The van der Waals surface area contributed by atoms with Crippen molar-refractivity contribution in [2.24, 2.45) is 11.7 Å². The Morgan fingerprint density at radius 2 is 2.05 bits per heavy atom. The molecular weight excluding hydrogens is 263 g/mol. The number of rotatable bonds is 5. The van der Waals surface area contributed by atoms with Gasteiger partial charge in [0.15, 0.2) is 0 Å². The van der Waals surface area contributed by atoms with Gasteiger partial charge in [0.05, 0.1) is 24.4 Å². The van der Waals surface area contributed by atoms with Gasteiger partial charge in [-0.3, -0.25) is 4.79 Å². The Bertz CT molecular complexity index is 503. The molecule has 0 spiro atoms. The van der Waals surface area contributed by atoms with Crippen molar-refractivity contribution < 1.29 is 18.7 Å². The maximum Gasteiger partial charge on any atom is 0.340 e. The molecule has 0 aliphatic rings. The first-order valence-corrected chi connectivity index (χ1v) is 6.29. The van der Waals surface area contributed by atoms with Gasteiger partial charge < -0.3 is 15.8 Å². The summed E-state index contributed by atoms with van der Waals surface area (Å²) < 4.78 is 17.7. The van der Waals surface area contributed by atoms with Crippen LogP contribution in [0.2, 0.25) is 0 Å². The van der Waals surface area contributed by atoms with Crippen LogP contribution in [-0.2, 0) is 9.53 Å².